The summed E-state index contributed by atoms with van der Waals surface area (Å²) < 4.78 is 0. The van der Waals surface area contributed by atoms with E-state index in [1.807, 2.05) is 19.9 Å². The van der Waals surface area contributed by atoms with Crippen molar-refractivity contribution in [1.82, 2.24) is 5.32 Å². The number of fused-ring (bicyclic) bond motifs is 1. The van der Waals surface area contributed by atoms with Crippen LogP contribution in [0.5, 0.6) is 0 Å². The molecule has 0 spiro atoms. The molecular weight excluding hydrogens is 330 g/mol. The summed E-state index contributed by atoms with van der Waals surface area (Å²) in [5.74, 6) is -0.229. The number of benzene rings is 2. The van der Waals surface area contributed by atoms with E-state index < -0.39 is 4.92 Å². The number of nitro benzene ring substituents is 1. The number of ketones is 1. The second-order valence-electron chi connectivity index (χ2n) is 6.90. The van der Waals surface area contributed by atoms with Gasteiger partial charge in [0, 0.05) is 40.6 Å². The van der Waals surface area contributed by atoms with E-state index >= 15 is 0 Å². The molecule has 6 nitrogen and oxygen atoms in total. The highest BCUT2D eigenvalue weighted by Gasteiger charge is 2.29. The van der Waals surface area contributed by atoms with Crippen LogP contribution in [0.2, 0.25) is 0 Å². The number of nitrogens with zero attached hydrogens (tertiary/aromatic N) is 2. The number of nitrogens with one attached hydrogen (secondary N) is 1. The minimum absolute atomic E-state index is 0.0121. The molecule has 1 aliphatic heterocycles. The largest absolute Gasteiger partial charge is 0.379 e. The maximum atomic E-state index is 12.6. The zero-order chi connectivity index (χ0) is 18.9. The highest BCUT2D eigenvalue weighted by atomic mass is 16.6. The lowest BCUT2D eigenvalue weighted by Crippen LogP contribution is -2.43. The van der Waals surface area contributed by atoms with Crippen molar-refractivity contribution in [2.75, 3.05) is 0 Å². The summed E-state index contributed by atoms with van der Waals surface area (Å²) in [6.45, 7) is 4.02. The zero-order valence-electron chi connectivity index (χ0n) is 14.4. The van der Waals surface area contributed by atoms with Gasteiger partial charge in [0.05, 0.1) is 16.6 Å². The Morgan fingerprint density at radius 1 is 1.27 bits per heavy atom. The fourth-order valence-corrected chi connectivity index (χ4v) is 3.07. The van der Waals surface area contributed by atoms with Gasteiger partial charge in [-0.2, -0.15) is 5.26 Å². The van der Waals surface area contributed by atoms with Gasteiger partial charge in [-0.15, -0.1) is 0 Å². The summed E-state index contributed by atoms with van der Waals surface area (Å²) in [7, 11) is 0. The van der Waals surface area contributed by atoms with E-state index in [9.17, 15) is 14.9 Å². The molecule has 0 unspecified atom stereocenters. The average molecular weight is 347 g/mol. The van der Waals surface area contributed by atoms with Gasteiger partial charge in [0.1, 0.15) is 0 Å². The van der Waals surface area contributed by atoms with Crippen LogP contribution in [0, 0.1) is 21.4 Å². The fraction of sp³-hybridized carbons (Fsp3) is 0.200. The van der Waals surface area contributed by atoms with Crippen LogP contribution in [0.3, 0.4) is 0 Å². The smallest absolute Gasteiger partial charge is 0.270 e. The number of carbonyl (C=O) groups excluding carboxylic acids is 1. The van der Waals surface area contributed by atoms with E-state index in [-0.39, 0.29) is 17.0 Å². The molecule has 0 saturated heterocycles. The normalized spacial score (nSPS) is 16.3. The Morgan fingerprint density at radius 3 is 2.58 bits per heavy atom. The van der Waals surface area contributed by atoms with Crippen molar-refractivity contribution in [3.8, 4) is 6.07 Å². The van der Waals surface area contributed by atoms with E-state index in [0.29, 0.717) is 28.8 Å². The van der Waals surface area contributed by atoms with Crippen molar-refractivity contribution in [3.63, 3.8) is 0 Å². The highest BCUT2D eigenvalue weighted by Crippen LogP contribution is 2.32. The molecule has 0 bridgehead atoms. The lowest BCUT2D eigenvalue weighted by Gasteiger charge is -2.35. The van der Waals surface area contributed by atoms with Gasteiger partial charge in [-0.3, -0.25) is 14.9 Å². The maximum absolute atomic E-state index is 12.6. The summed E-state index contributed by atoms with van der Waals surface area (Å²) in [6.07, 6.45) is 2.16. The van der Waals surface area contributed by atoms with E-state index in [2.05, 4.69) is 5.32 Å². The lowest BCUT2D eigenvalue weighted by molar-refractivity contribution is -0.384. The first-order valence-electron chi connectivity index (χ1n) is 8.11. The number of rotatable bonds is 3. The third kappa shape index (κ3) is 3.47. The molecule has 2 aromatic rings. The van der Waals surface area contributed by atoms with Crippen molar-refractivity contribution >= 4 is 17.2 Å². The topological polar surface area (TPSA) is 96.0 Å². The van der Waals surface area contributed by atoms with Gasteiger partial charge >= 0.3 is 0 Å². The van der Waals surface area contributed by atoms with Crippen LogP contribution in [0.1, 0.15) is 40.9 Å². The minimum atomic E-state index is -0.444. The molecule has 0 amide bonds. The van der Waals surface area contributed by atoms with Gasteiger partial charge < -0.3 is 5.32 Å². The predicted octanol–water partition coefficient (Wildman–Crippen LogP) is 3.61. The fourth-order valence-electron chi connectivity index (χ4n) is 3.07. The Labute approximate surface area is 150 Å². The second kappa shape index (κ2) is 6.45. The van der Waals surface area contributed by atoms with E-state index in [4.69, 9.17) is 5.26 Å². The highest BCUT2D eigenvalue weighted by molar-refractivity contribution is 6.08. The van der Waals surface area contributed by atoms with Crippen molar-refractivity contribution in [1.29, 1.82) is 5.26 Å². The van der Waals surface area contributed by atoms with Crippen LogP contribution in [-0.2, 0) is 6.42 Å². The molecule has 0 radical (unpaired) electrons. The number of non-ortho nitro benzene ring substituents is 1. The SMILES string of the molecule is CC1(C)Cc2ccc([N+](=O)[O-])cc2C(=CC(=O)c2ccc(C#N)cc2)N1. The Hall–Kier alpha value is -3.46. The van der Waals surface area contributed by atoms with Crippen molar-refractivity contribution < 1.29 is 9.72 Å². The standard InChI is InChI=1S/C20H17N3O3/c1-20(2)11-15-7-8-16(23(25)26)9-17(15)18(22-20)10-19(24)14-5-3-13(12-21)4-6-14/h3-10,22H,11H2,1-2H3. The predicted molar refractivity (Wildman–Crippen MR) is 97.5 cm³/mol. The molecule has 0 aliphatic carbocycles. The summed E-state index contributed by atoms with van der Waals surface area (Å²) in [5, 5.41) is 23.3. The molecule has 1 aliphatic rings. The van der Waals surface area contributed by atoms with E-state index in [1.165, 1.54) is 18.2 Å². The Balaban J connectivity index is 2.04. The van der Waals surface area contributed by atoms with E-state index in [0.717, 1.165) is 5.56 Å². The third-order valence-electron chi connectivity index (χ3n) is 4.27. The van der Waals surface area contributed by atoms with Gasteiger partial charge in [0.15, 0.2) is 5.78 Å². The third-order valence-corrected chi connectivity index (χ3v) is 4.27. The van der Waals surface area contributed by atoms with Crippen LogP contribution >= 0.6 is 0 Å². The Bertz CT molecular complexity index is 967. The lowest BCUT2D eigenvalue weighted by atomic mass is 9.85. The maximum Gasteiger partial charge on any atom is 0.270 e. The molecule has 2 aromatic carbocycles. The van der Waals surface area contributed by atoms with Crippen LogP contribution in [0.25, 0.3) is 5.70 Å². The summed E-state index contributed by atoms with van der Waals surface area (Å²) >= 11 is 0. The van der Waals surface area contributed by atoms with Crippen molar-refractivity contribution in [2.24, 2.45) is 0 Å². The molecule has 0 atom stereocenters. The summed E-state index contributed by atoms with van der Waals surface area (Å²) in [6, 6.07) is 13.1. The molecule has 0 aromatic heterocycles. The first kappa shape index (κ1) is 17.4. The molecule has 1 heterocycles. The number of hydrogen-bond donors (Lipinski definition) is 1. The minimum Gasteiger partial charge on any atom is -0.379 e. The summed E-state index contributed by atoms with van der Waals surface area (Å²) in [4.78, 5) is 23.3. The molecule has 26 heavy (non-hydrogen) atoms. The van der Waals surface area contributed by atoms with Crippen LogP contribution < -0.4 is 5.32 Å². The number of nitriles is 1. The van der Waals surface area contributed by atoms with Crippen molar-refractivity contribution in [3.05, 3.63) is 80.9 Å². The van der Waals surface area contributed by atoms with Crippen LogP contribution in [0.4, 0.5) is 5.69 Å². The molecular formula is C20H17N3O3. The Kier molecular flexibility index (Phi) is 4.31. The van der Waals surface area contributed by atoms with Gasteiger partial charge in [0.2, 0.25) is 0 Å². The van der Waals surface area contributed by atoms with Crippen LogP contribution in [0.15, 0.2) is 48.5 Å². The number of allylic oxidation sites excluding steroid dienone is 1. The number of carbonyl (C=O) groups is 1. The number of nitro groups is 1. The molecule has 3 rings (SSSR count). The van der Waals surface area contributed by atoms with Gasteiger partial charge in [-0.05, 0) is 50.1 Å². The molecule has 0 saturated carbocycles. The summed E-state index contributed by atoms with van der Waals surface area (Å²) in [5.41, 5.74) is 2.83. The molecule has 130 valence electrons. The van der Waals surface area contributed by atoms with Crippen molar-refractivity contribution in [2.45, 2.75) is 25.8 Å². The first-order valence-corrected chi connectivity index (χ1v) is 8.11. The van der Waals surface area contributed by atoms with Gasteiger partial charge in [-0.25, -0.2) is 0 Å². The average Bonchev–Trinajstić information content (AvgIpc) is 2.60. The molecule has 6 heteroatoms. The number of hydrogen-bond acceptors (Lipinski definition) is 5. The first-order chi connectivity index (χ1) is 12.3. The van der Waals surface area contributed by atoms with Crippen LogP contribution in [-0.4, -0.2) is 16.2 Å². The van der Waals surface area contributed by atoms with Gasteiger partial charge in [0.25, 0.3) is 5.69 Å². The zero-order valence-corrected chi connectivity index (χ0v) is 14.4. The molecule has 1 N–H and O–H groups in total. The second-order valence-corrected chi connectivity index (χ2v) is 6.90. The van der Waals surface area contributed by atoms with E-state index in [1.54, 1.807) is 30.3 Å². The molecule has 0 fully saturated rings. The monoisotopic (exact) mass is 347 g/mol. The quantitative estimate of drug-likeness (QED) is 0.396. The van der Waals surface area contributed by atoms with Gasteiger partial charge in [-0.1, -0.05) is 6.07 Å². The Morgan fingerprint density at radius 2 is 1.96 bits per heavy atom.